The standard InChI is InChI=1S/C26H27N5O/c1-18(19-7-3-2-4-8-19)31-16-6-5-9-24(31)26(32)28-21-10-11-23-22(17-21)25(30-29-23)20-12-14-27-15-13-20/h2-4,7-8,10-15,17-18,24H,5-6,9,16H2,1H3,(H,28,32)(H,29,30). The molecule has 1 amide bonds. The van der Waals surface area contributed by atoms with E-state index in [-0.39, 0.29) is 18.0 Å². The molecule has 3 heterocycles. The maximum Gasteiger partial charge on any atom is 0.241 e. The summed E-state index contributed by atoms with van der Waals surface area (Å²) in [5, 5.41) is 11.7. The zero-order valence-electron chi connectivity index (χ0n) is 18.2. The van der Waals surface area contributed by atoms with E-state index in [2.05, 4.69) is 56.6 Å². The van der Waals surface area contributed by atoms with Crippen LogP contribution in [0.25, 0.3) is 22.2 Å². The summed E-state index contributed by atoms with van der Waals surface area (Å²) in [7, 11) is 0. The van der Waals surface area contributed by atoms with E-state index in [0.29, 0.717) is 0 Å². The van der Waals surface area contributed by atoms with E-state index in [9.17, 15) is 4.79 Å². The third-order valence-electron chi connectivity index (χ3n) is 6.41. The Kier molecular flexibility index (Phi) is 5.69. The maximum absolute atomic E-state index is 13.4. The average Bonchev–Trinajstić information content (AvgIpc) is 3.28. The molecule has 2 N–H and O–H groups in total. The van der Waals surface area contributed by atoms with Crippen molar-refractivity contribution in [1.82, 2.24) is 20.1 Å². The molecule has 1 saturated heterocycles. The second-order valence-electron chi connectivity index (χ2n) is 8.39. The zero-order chi connectivity index (χ0) is 21.9. The summed E-state index contributed by atoms with van der Waals surface area (Å²) in [4.78, 5) is 19.8. The molecular weight excluding hydrogens is 398 g/mol. The Balaban J connectivity index is 1.38. The van der Waals surface area contributed by atoms with Crippen LogP contribution in [0.15, 0.2) is 73.1 Å². The van der Waals surface area contributed by atoms with Gasteiger partial charge in [-0.25, -0.2) is 0 Å². The van der Waals surface area contributed by atoms with E-state index in [1.165, 1.54) is 5.56 Å². The van der Waals surface area contributed by atoms with Crippen molar-refractivity contribution in [1.29, 1.82) is 0 Å². The molecule has 2 aromatic heterocycles. The van der Waals surface area contributed by atoms with Crippen molar-refractivity contribution in [2.45, 2.75) is 38.3 Å². The SMILES string of the molecule is CC(c1ccccc1)N1CCCCC1C(=O)Nc1ccc2[nH]nc(-c3ccncc3)c2c1. The predicted molar refractivity (Wildman–Crippen MR) is 127 cm³/mol. The van der Waals surface area contributed by atoms with Gasteiger partial charge in [-0.1, -0.05) is 36.8 Å². The Morgan fingerprint density at radius 3 is 2.72 bits per heavy atom. The van der Waals surface area contributed by atoms with E-state index in [0.717, 1.165) is 53.7 Å². The van der Waals surface area contributed by atoms with Crippen LogP contribution in [0.5, 0.6) is 0 Å². The molecule has 0 bridgehead atoms. The summed E-state index contributed by atoms with van der Waals surface area (Å²) in [6, 6.07) is 20.3. The molecule has 1 aliphatic rings. The number of hydrogen-bond donors (Lipinski definition) is 2. The quantitative estimate of drug-likeness (QED) is 0.462. The lowest BCUT2D eigenvalue weighted by Gasteiger charge is -2.39. The summed E-state index contributed by atoms with van der Waals surface area (Å²) in [6.45, 7) is 3.13. The number of anilines is 1. The van der Waals surface area contributed by atoms with E-state index in [1.807, 2.05) is 36.4 Å². The molecule has 0 spiro atoms. The predicted octanol–water partition coefficient (Wildman–Crippen LogP) is 5.18. The average molecular weight is 426 g/mol. The number of likely N-dealkylation sites (tertiary alicyclic amines) is 1. The topological polar surface area (TPSA) is 73.9 Å². The number of carbonyl (C=O) groups is 1. The summed E-state index contributed by atoms with van der Waals surface area (Å²) in [5.74, 6) is 0.0563. The minimum atomic E-state index is -0.140. The maximum atomic E-state index is 13.4. The first kappa shape index (κ1) is 20.4. The summed E-state index contributed by atoms with van der Waals surface area (Å²) in [6.07, 6.45) is 6.58. The second-order valence-corrected chi connectivity index (χ2v) is 8.39. The van der Waals surface area contributed by atoms with Gasteiger partial charge in [0.25, 0.3) is 0 Å². The number of rotatable bonds is 5. The number of aromatic nitrogens is 3. The summed E-state index contributed by atoms with van der Waals surface area (Å²) < 4.78 is 0. The number of carbonyl (C=O) groups excluding carboxylic acids is 1. The Labute approximate surface area is 187 Å². The number of fused-ring (bicyclic) bond motifs is 1. The molecule has 1 aliphatic heterocycles. The van der Waals surface area contributed by atoms with Crippen molar-refractivity contribution < 1.29 is 4.79 Å². The Hall–Kier alpha value is -3.51. The molecule has 2 aromatic carbocycles. The Morgan fingerprint density at radius 1 is 1.09 bits per heavy atom. The lowest BCUT2D eigenvalue weighted by atomic mass is 9.96. The van der Waals surface area contributed by atoms with Crippen molar-refractivity contribution in [3.05, 3.63) is 78.6 Å². The highest BCUT2D eigenvalue weighted by atomic mass is 16.2. The minimum absolute atomic E-state index is 0.0563. The first-order valence-electron chi connectivity index (χ1n) is 11.2. The fourth-order valence-corrected chi connectivity index (χ4v) is 4.67. The molecule has 6 heteroatoms. The monoisotopic (exact) mass is 425 g/mol. The molecule has 0 radical (unpaired) electrons. The van der Waals surface area contributed by atoms with Crippen LogP contribution in [0.4, 0.5) is 5.69 Å². The van der Waals surface area contributed by atoms with Gasteiger partial charge >= 0.3 is 0 Å². The van der Waals surface area contributed by atoms with Gasteiger partial charge in [-0.05, 0) is 62.2 Å². The fourth-order valence-electron chi connectivity index (χ4n) is 4.67. The van der Waals surface area contributed by atoms with Gasteiger partial charge in [-0.3, -0.25) is 19.8 Å². The number of nitrogens with zero attached hydrogens (tertiary/aromatic N) is 3. The number of pyridine rings is 1. The third kappa shape index (κ3) is 4.01. The van der Waals surface area contributed by atoms with Crippen LogP contribution in [-0.4, -0.2) is 38.6 Å². The van der Waals surface area contributed by atoms with E-state index in [1.54, 1.807) is 12.4 Å². The van der Waals surface area contributed by atoms with Crippen LogP contribution in [-0.2, 0) is 4.79 Å². The molecule has 4 aromatic rings. The molecule has 162 valence electrons. The Bertz CT molecular complexity index is 1200. The molecule has 2 unspecified atom stereocenters. The molecule has 2 atom stereocenters. The van der Waals surface area contributed by atoms with Gasteiger partial charge in [0.1, 0.15) is 5.69 Å². The molecular formula is C26H27N5O. The number of aromatic amines is 1. The number of amides is 1. The van der Waals surface area contributed by atoms with E-state index < -0.39 is 0 Å². The van der Waals surface area contributed by atoms with Gasteiger partial charge in [0.15, 0.2) is 0 Å². The normalized spacial score (nSPS) is 17.8. The van der Waals surface area contributed by atoms with Crippen LogP contribution in [0, 0.1) is 0 Å². The highest BCUT2D eigenvalue weighted by Crippen LogP contribution is 2.31. The van der Waals surface area contributed by atoms with Crippen molar-refractivity contribution in [3.63, 3.8) is 0 Å². The van der Waals surface area contributed by atoms with Crippen molar-refractivity contribution >= 4 is 22.5 Å². The van der Waals surface area contributed by atoms with Crippen molar-refractivity contribution in [3.8, 4) is 11.3 Å². The first-order valence-corrected chi connectivity index (χ1v) is 11.2. The number of piperidine rings is 1. The van der Waals surface area contributed by atoms with Gasteiger partial charge < -0.3 is 5.32 Å². The van der Waals surface area contributed by atoms with E-state index in [4.69, 9.17) is 0 Å². The fraction of sp³-hybridized carbons (Fsp3) is 0.269. The lowest BCUT2D eigenvalue weighted by molar-refractivity contribution is -0.123. The van der Waals surface area contributed by atoms with Crippen LogP contribution in [0.2, 0.25) is 0 Å². The van der Waals surface area contributed by atoms with Gasteiger partial charge in [-0.2, -0.15) is 5.10 Å². The van der Waals surface area contributed by atoms with E-state index >= 15 is 0 Å². The smallest absolute Gasteiger partial charge is 0.241 e. The van der Waals surface area contributed by atoms with Crippen LogP contribution >= 0.6 is 0 Å². The molecule has 1 fully saturated rings. The second kappa shape index (κ2) is 8.93. The van der Waals surface area contributed by atoms with Crippen LogP contribution < -0.4 is 5.32 Å². The van der Waals surface area contributed by atoms with Gasteiger partial charge in [0, 0.05) is 35.1 Å². The van der Waals surface area contributed by atoms with Gasteiger partial charge in [-0.15, -0.1) is 0 Å². The molecule has 32 heavy (non-hydrogen) atoms. The van der Waals surface area contributed by atoms with Crippen LogP contribution in [0.1, 0.15) is 37.8 Å². The molecule has 6 nitrogen and oxygen atoms in total. The third-order valence-corrected chi connectivity index (χ3v) is 6.41. The molecule has 5 rings (SSSR count). The summed E-state index contributed by atoms with van der Waals surface area (Å²) in [5.41, 5.74) is 4.82. The van der Waals surface area contributed by atoms with Crippen molar-refractivity contribution in [2.75, 3.05) is 11.9 Å². The molecule has 0 aliphatic carbocycles. The highest BCUT2D eigenvalue weighted by Gasteiger charge is 2.32. The highest BCUT2D eigenvalue weighted by molar-refractivity contribution is 5.99. The minimum Gasteiger partial charge on any atom is -0.325 e. The Morgan fingerprint density at radius 2 is 1.91 bits per heavy atom. The van der Waals surface area contributed by atoms with Gasteiger partial charge in [0.05, 0.1) is 11.6 Å². The zero-order valence-corrected chi connectivity index (χ0v) is 18.2. The number of benzene rings is 2. The number of H-pyrrole nitrogens is 1. The summed E-state index contributed by atoms with van der Waals surface area (Å²) >= 11 is 0. The lowest BCUT2D eigenvalue weighted by Crippen LogP contribution is -2.48. The number of hydrogen-bond acceptors (Lipinski definition) is 4. The van der Waals surface area contributed by atoms with Crippen molar-refractivity contribution in [2.24, 2.45) is 0 Å². The number of nitrogens with one attached hydrogen (secondary N) is 2. The molecule has 0 saturated carbocycles. The first-order chi connectivity index (χ1) is 15.7. The largest absolute Gasteiger partial charge is 0.325 e. The van der Waals surface area contributed by atoms with Crippen LogP contribution in [0.3, 0.4) is 0 Å². The van der Waals surface area contributed by atoms with Gasteiger partial charge in [0.2, 0.25) is 5.91 Å².